The van der Waals surface area contributed by atoms with Gasteiger partial charge in [0.15, 0.2) is 0 Å². The molecule has 1 unspecified atom stereocenters. The molecule has 0 fully saturated rings. The van der Waals surface area contributed by atoms with Crippen LogP contribution in [0.15, 0.2) is 87.9 Å². The van der Waals surface area contributed by atoms with E-state index in [-0.39, 0.29) is 16.3 Å². The van der Waals surface area contributed by atoms with Gasteiger partial charge in [-0.25, -0.2) is 0 Å². The third-order valence-corrected chi connectivity index (χ3v) is 6.55. The Morgan fingerprint density at radius 2 is 1.80 bits per heavy atom. The number of rotatable bonds is 6. The van der Waals surface area contributed by atoms with Crippen molar-refractivity contribution in [1.29, 1.82) is 0 Å². The number of aromatic hydroxyl groups is 1. The summed E-state index contributed by atoms with van der Waals surface area (Å²) in [6.07, 6.45) is 14.6. The molecule has 1 aromatic carbocycles. The predicted molar refractivity (Wildman–Crippen MR) is 130 cm³/mol. The topological polar surface area (TPSA) is 37.3 Å². The monoisotopic (exact) mass is 422 g/mol. The van der Waals surface area contributed by atoms with Gasteiger partial charge in [0, 0.05) is 4.90 Å². The van der Waals surface area contributed by atoms with Crippen molar-refractivity contribution in [2.24, 2.45) is 11.3 Å². The highest BCUT2D eigenvalue weighted by Gasteiger charge is 2.29. The number of thioether (sulfide) groups is 1. The van der Waals surface area contributed by atoms with Crippen molar-refractivity contribution in [1.82, 2.24) is 0 Å². The zero-order valence-corrected chi connectivity index (χ0v) is 19.8. The number of phenolic OH excluding ortho intramolecular Hbond substituents is 1. The number of hydrogen-bond acceptors (Lipinski definition) is 3. The van der Waals surface area contributed by atoms with Gasteiger partial charge in [-0.3, -0.25) is 4.79 Å². The smallest absolute Gasteiger partial charge is 0.217 e. The van der Waals surface area contributed by atoms with Crippen molar-refractivity contribution < 1.29 is 9.90 Å². The van der Waals surface area contributed by atoms with E-state index in [1.165, 1.54) is 29.6 Å². The maximum atomic E-state index is 12.2. The van der Waals surface area contributed by atoms with Crippen LogP contribution in [0.3, 0.4) is 0 Å². The van der Waals surface area contributed by atoms with E-state index in [9.17, 15) is 9.90 Å². The highest BCUT2D eigenvalue weighted by atomic mass is 32.2. The first-order valence-electron chi connectivity index (χ1n) is 10.5. The number of benzene rings is 1. The number of phenols is 1. The standard InChI is InChI=1S/C27H34O2S/c1-19(10-15-25-22(4)21(3)16-17-27(25,5)6)8-7-9-20(2)18-26(29)30-24-13-11-23(28)12-14-24/h7-15,18,21,28H,16-17H2,1-6H3/b9-7+,15-10+,19-8+,20-18-. The number of hydrogen-bond donors (Lipinski definition) is 1. The van der Waals surface area contributed by atoms with Crippen molar-refractivity contribution in [3.63, 3.8) is 0 Å². The van der Waals surface area contributed by atoms with Crippen LogP contribution in [0, 0.1) is 11.3 Å². The summed E-state index contributed by atoms with van der Waals surface area (Å²) in [6, 6.07) is 6.64. The first-order valence-corrected chi connectivity index (χ1v) is 11.3. The fourth-order valence-electron chi connectivity index (χ4n) is 3.60. The van der Waals surface area contributed by atoms with Crippen LogP contribution >= 0.6 is 11.8 Å². The minimum atomic E-state index is -0.0282. The molecule has 0 aliphatic heterocycles. The minimum Gasteiger partial charge on any atom is -0.508 e. The summed E-state index contributed by atoms with van der Waals surface area (Å²) in [7, 11) is 0. The summed E-state index contributed by atoms with van der Waals surface area (Å²) in [5.41, 5.74) is 5.29. The van der Waals surface area contributed by atoms with Crippen molar-refractivity contribution in [3.05, 3.63) is 83.0 Å². The van der Waals surface area contributed by atoms with Crippen molar-refractivity contribution >= 4 is 16.9 Å². The number of carbonyl (C=O) groups is 1. The summed E-state index contributed by atoms with van der Waals surface area (Å²) in [4.78, 5) is 13.0. The maximum Gasteiger partial charge on any atom is 0.217 e. The van der Waals surface area contributed by atoms with Crippen LogP contribution in [0.5, 0.6) is 5.75 Å². The van der Waals surface area contributed by atoms with Gasteiger partial charge in [0.2, 0.25) is 5.12 Å². The lowest BCUT2D eigenvalue weighted by Gasteiger charge is -2.36. The molecule has 1 aromatic rings. The molecule has 160 valence electrons. The average molecular weight is 423 g/mol. The second-order valence-electron chi connectivity index (χ2n) is 8.83. The molecule has 2 rings (SSSR count). The van der Waals surface area contributed by atoms with Gasteiger partial charge in [-0.15, -0.1) is 0 Å². The van der Waals surface area contributed by atoms with E-state index in [0.717, 1.165) is 22.2 Å². The molecule has 3 heteroatoms. The van der Waals surface area contributed by atoms with Crippen LogP contribution in [-0.4, -0.2) is 10.2 Å². The molecule has 0 saturated heterocycles. The summed E-state index contributed by atoms with van der Waals surface area (Å²) >= 11 is 1.15. The summed E-state index contributed by atoms with van der Waals surface area (Å²) in [5, 5.41) is 9.28. The van der Waals surface area contributed by atoms with Crippen LogP contribution in [-0.2, 0) is 4.79 Å². The highest BCUT2D eigenvalue weighted by molar-refractivity contribution is 8.14. The molecule has 2 nitrogen and oxygen atoms in total. The highest BCUT2D eigenvalue weighted by Crippen LogP contribution is 2.43. The number of carbonyl (C=O) groups excluding carboxylic acids is 1. The Kier molecular flexibility index (Phi) is 8.54. The Bertz CT molecular complexity index is 909. The fraction of sp³-hybridized carbons (Fsp3) is 0.370. The molecular formula is C27H34O2S. The molecule has 1 N–H and O–H groups in total. The summed E-state index contributed by atoms with van der Waals surface area (Å²) in [5.74, 6) is 0.859. The van der Waals surface area contributed by atoms with Gasteiger partial charge in [0.05, 0.1) is 0 Å². The van der Waals surface area contributed by atoms with E-state index < -0.39 is 0 Å². The normalized spacial score (nSPS) is 20.4. The van der Waals surface area contributed by atoms with Gasteiger partial charge in [-0.05, 0) is 98.2 Å². The van der Waals surface area contributed by atoms with E-state index in [0.29, 0.717) is 5.92 Å². The Labute approximate surface area is 186 Å². The first-order chi connectivity index (χ1) is 14.1. The lowest BCUT2D eigenvalue weighted by atomic mass is 9.69. The molecule has 1 aliphatic carbocycles. The largest absolute Gasteiger partial charge is 0.508 e. The zero-order valence-electron chi connectivity index (χ0n) is 19.0. The Hall–Kier alpha value is -2.26. The van der Waals surface area contributed by atoms with Gasteiger partial charge in [0.25, 0.3) is 0 Å². The molecular weight excluding hydrogens is 388 g/mol. The Morgan fingerprint density at radius 1 is 1.13 bits per heavy atom. The lowest BCUT2D eigenvalue weighted by molar-refractivity contribution is -0.107. The molecule has 1 atom stereocenters. The van der Waals surface area contributed by atoms with Crippen molar-refractivity contribution in [2.45, 2.75) is 59.3 Å². The van der Waals surface area contributed by atoms with Gasteiger partial charge in [-0.2, -0.15) is 0 Å². The molecule has 0 aromatic heterocycles. The van der Waals surface area contributed by atoms with E-state index >= 15 is 0 Å². The predicted octanol–water partition coefficient (Wildman–Crippen LogP) is 7.79. The quantitative estimate of drug-likeness (QED) is 0.289. The molecule has 0 bridgehead atoms. The van der Waals surface area contributed by atoms with Gasteiger partial charge in [-0.1, -0.05) is 62.3 Å². The SMILES string of the molecule is CC1=C(/C=C/C(C)=C/C=C/C(C)=C\C(=O)Sc2ccc(O)cc2)C(C)(C)CCC1C. The van der Waals surface area contributed by atoms with Crippen LogP contribution in [0.2, 0.25) is 0 Å². The van der Waals surface area contributed by atoms with Crippen LogP contribution in [0.1, 0.15) is 54.4 Å². The van der Waals surface area contributed by atoms with E-state index in [2.05, 4.69) is 52.8 Å². The van der Waals surface area contributed by atoms with Crippen molar-refractivity contribution in [2.75, 3.05) is 0 Å². The third-order valence-electron chi connectivity index (χ3n) is 5.73. The van der Waals surface area contributed by atoms with Gasteiger partial charge >= 0.3 is 0 Å². The molecule has 0 saturated carbocycles. The Morgan fingerprint density at radius 3 is 2.47 bits per heavy atom. The molecule has 0 amide bonds. The maximum absolute atomic E-state index is 12.2. The molecule has 1 aliphatic rings. The van der Waals surface area contributed by atoms with Gasteiger partial charge < -0.3 is 5.11 Å². The second kappa shape index (κ2) is 10.7. The zero-order chi connectivity index (χ0) is 22.3. The fourth-order valence-corrected chi connectivity index (χ4v) is 4.35. The van der Waals surface area contributed by atoms with Crippen LogP contribution < -0.4 is 0 Å². The van der Waals surface area contributed by atoms with E-state index in [1.807, 2.05) is 19.1 Å². The van der Waals surface area contributed by atoms with Gasteiger partial charge in [0.1, 0.15) is 5.75 Å². The second-order valence-corrected chi connectivity index (χ2v) is 9.90. The molecule has 30 heavy (non-hydrogen) atoms. The minimum absolute atomic E-state index is 0.0282. The average Bonchev–Trinajstić information content (AvgIpc) is 2.66. The lowest BCUT2D eigenvalue weighted by Crippen LogP contribution is -2.23. The molecule has 0 radical (unpaired) electrons. The molecule has 0 spiro atoms. The van der Waals surface area contributed by atoms with E-state index in [1.54, 1.807) is 30.3 Å². The van der Waals surface area contributed by atoms with Crippen LogP contribution in [0.25, 0.3) is 0 Å². The van der Waals surface area contributed by atoms with Crippen LogP contribution in [0.4, 0.5) is 0 Å². The van der Waals surface area contributed by atoms with E-state index in [4.69, 9.17) is 0 Å². The summed E-state index contributed by atoms with van der Waals surface area (Å²) in [6.45, 7) is 13.3. The third kappa shape index (κ3) is 7.21. The summed E-state index contributed by atoms with van der Waals surface area (Å²) < 4.78 is 0. The molecule has 0 heterocycles. The number of allylic oxidation sites excluding steroid dienone is 9. The Balaban J connectivity index is 1.99. The van der Waals surface area contributed by atoms with Crippen molar-refractivity contribution in [3.8, 4) is 5.75 Å². The first kappa shape index (κ1) is 24.0.